The SMILES string of the molecule is NCC1CCCCP1. The van der Waals surface area contributed by atoms with E-state index < -0.39 is 0 Å². The van der Waals surface area contributed by atoms with E-state index in [1.807, 2.05) is 0 Å². The Morgan fingerprint density at radius 3 is 2.75 bits per heavy atom. The van der Waals surface area contributed by atoms with Crippen molar-refractivity contribution < 1.29 is 0 Å². The maximum Gasteiger partial charge on any atom is -0.00118 e. The highest BCUT2D eigenvalue weighted by molar-refractivity contribution is 7.39. The zero-order valence-electron chi connectivity index (χ0n) is 5.19. The molecular formula is C6H14NP. The summed E-state index contributed by atoms with van der Waals surface area (Å²) in [5, 5.41) is 0. The lowest BCUT2D eigenvalue weighted by atomic mass is 10.2. The largest absolute Gasteiger partial charge is 0.330 e. The van der Waals surface area contributed by atoms with Crippen molar-refractivity contribution in [3.05, 3.63) is 0 Å². The van der Waals surface area contributed by atoms with Gasteiger partial charge in [0.2, 0.25) is 0 Å². The molecule has 2 atom stereocenters. The zero-order chi connectivity index (χ0) is 5.82. The maximum absolute atomic E-state index is 5.51. The van der Waals surface area contributed by atoms with Gasteiger partial charge in [-0.15, -0.1) is 8.58 Å². The molecule has 1 fully saturated rings. The molecule has 1 aliphatic rings. The van der Waals surface area contributed by atoms with Crippen LogP contribution in [-0.4, -0.2) is 18.4 Å². The number of rotatable bonds is 1. The average Bonchev–Trinajstić information content (AvgIpc) is 1.90. The van der Waals surface area contributed by atoms with Gasteiger partial charge in [0.25, 0.3) is 0 Å². The van der Waals surface area contributed by atoms with Crippen LogP contribution in [0.1, 0.15) is 19.3 Å². The molecule has 0 saturated carbocycles. The number of hydrogen-bond donors (Lipinski definition) is 1. The summed E-state index contributed by atoms with van der Waals surface area (Å²) in [5.41, 5.74) is 6.40. The van der Waals surface area contributed by atoms with E-state index in [0.29, 0.717) is 0 Å². The van der Waals surface area contributed by atoms with Crippen LogP contribution in [0.15, 0.2) is 0 Å². The molecule has 1 heterocycles. The molecule has 1 saturated heterocycles. The minimum atomic E-state index is 0.892. The van der Waals surface area contributed by atoms with E-state index in [1.165, 1.54) is 34.0 Å². The minimum absolute atomic E-state index is 0.892. The molecule has 48 valence electrons. The van der Waals surface area contributed by atoms with Gasteiger partial charge < -0.3 is 5.73 Å². The quantitative estimate of drug-likeness (QED) is 0.531. The second-order valence-corrected chi connectivity index (χ2v) is 4.11. The fourth-order valence-electron chi connectivity index (χ4n) is 1.13. The molecule has 1 rings (SSSR count). The lowest BCUT2D eigenvalue weighted by Crippen LogP contribution is -2.18. The summed E-state index contributed by atoms with van der Waals surface area (Å²) in [4.78, 5) is 0. The van der Waals surface area contributed by atoms with Crippen LogP contribution in [-0.2, 0) is 0 Å². The van der Waals surface area contributed by atoms with Crippen molar-refractivity contribution in [1.29, 1.82) is 0 Å². The van der Waals surface area contributed by atoms with E-state index in [1.54, 1.807) is 0 Å². The Bertz CT molecular complexity index is 59.5. The van der Waals surface area contributed by atoms with Gasteiger partial charge in [-0.25, -0.2) is 0 Å². The predicted octanol–water partition coefficient (Wildman–Crippen LogP) is 1.18. The van der Waals surface area contributed by atoms with Crippen LogP contribution in [0.2, 0.25) is 0 Å². The molecule has 0 amide bonds. The lowest BCUT2D eigenvalue weighted by Gasteiger charge is -2.19. The first-order valence-electron chi connectivity index (χ1n) is 3.37. The third-order valence-electron chi connectivity index (χ3n) is 1.70. The minimum Gasteiger partial charge on any atom is -0.330 e. The van der Waals surface area contributed by atoms with Crippen molar-refractivity contribution in [3.63, 3.8) is 0 Å². The predicted molar refractivity (Wildman–Crippen MR) is 39.9 cm³/mol. The van der Waals surface area contributed by atoms with E-state index >= 15 is 0 Å². The van der Waals surface area contributed by atoms with Gasteiger partial charge in [-0.2, -0.15) is 0 Å². The van der Waals surface area contributed by atoms with Crippen molar-refractivity contribution in [1.82, 2.24) is 0 Å². The van der Waals surface area contributed by atoms with E-state index in [-0.39, 0.29) is 0 Å². The Balaban J connectivity index is 2.13. The van der Waals surface area contributed by atoms with Crippen molar-refractivity contribution in [2.45, 2.75) is 24.9 Å². The standard InChI is InChI=1S/C6H14NP/c7-5-6-3-1-2-4-8-6/h6,8H,1-5,7H2. The van der Waals surface area contributed by atoms with E-state index in [9.17, 15) is 0 Å². The molecule has 0 aliphatic carbocycles. The smallest absolute Gasteiger partial charge is 0.00118 e. The van der Waals surface area contributed by atoms with Crippen LogP contribution in [0.5, 0.6) is 0 Å². The second kappa shape index (κ2) is 3.42. The topological polar surface area (TPSA) is 26.0 Å². The molecule has 2 heteroatoms. The van der Waals surface area contributed by atoms with Crippen LogP contribution in [0.4, 0.5) is 0 Å². The molecule has 2 unspecified atom stereocenters. The van der Waals surface area contributed by atoms with Gasteiger partial charge in [0.15, 0.2) is 0 Å². The molecule has 0 aromatic heterocycles. The van der Waals surface area contributed by atoms with Crippen molar-refractivity contribution in [2.24, 2.45) is 5.73 Å². The molecule has 8 heavy (non-hydrogen) atoms. The van der Waals surface area contributed by atoms with Crippen molar-refractivity contribution >= 4 is 8.58 Å². The summed E-state index contributed by atoms with van der Waals surface area (Å²) >= 11 is 0. The fourth-order valence-corrected chi connectivity index (χ4v) is 2.56. The van der Waals surface area contributed by atoms with Gasteiger partial charge in [-0.05, 0) is 31.2 Å². The molecule has 1 aliphatic heterocycles. The Morgan fingerprint density at radius 1 is 1.50 bits per heavy atom. The Hall–Kier alpha value is 0.390. The molecule has 0 spiro atoms. The maximum atomic E-state index is 5.51. The molecule has 2 N–H and O–H groups in total. The average molecular weight is 131 g/mol. The van der Waals surface area contributed by atoms with Crippen LogP contribution < -0.4 is 5.73 Å². The van der Waals surface area contributed by atoms with Crippen LogP contribution >= 0.6 is 8.58 Å². The lowest BCUT2D eigenvalue weighted by molar-refractivity contribution is 0.661. The molecule has 0 radical (unpaired) electrons. The summed E-state index contributed by atoms with van der Waals surface area (Å²) in [7, 11) is 1.17. The van der Waals surface area contributed by atoms with Gasteiger partial charge >= 0.3 is 0 Å². The van der Waals surface area contributed by atoms with Crippen LogP contribution in [0, 0.1) is 0 Å². The van der Waals surface area contributed by atoms with Crippen molar-refractivity contribution in [3.8, 4) is 0 Å². The van der Waals surface area contributed by atoms with E-state index in [2.05, 4.69) is 0 Å². The molecule has 0 aromatic rings. The third-order valence-corrected chi connectivity index (χ3v) is 3.44. The van der Waals surface area contributed by atoms with Crippen LogP contribution in [0.3, 0.4) is 0 Å². The summed E-state index contributed by atoms with van der Waals surface area (Å²) in [6, 6.07) is 0. The molecule has 0 bridgehead atoms. The summed E-state index contributed by atoms with van der Waals surface area (Å²) < 4.78 is 0. The van der Waals surface area contributed by atoms with Gasteiger partial charge in [0.1, 0.15) is 0 Å². The van der Waals surface area contributed by atoms with Gasteiger partial charge in [-0.1, -0.05) is 6.42 Å². The first-order valence-corrected chi connectivity index (χ1v) is 4.65. The van der Waals surface area contributed by atoms with Gasteiger partial charge in [0, 0.05) is 0 Å². The second-order valence-electron chi connectivity index (χ2n) is 2.38. The van der Waals surface area contributed by atoms with Crippen molar-refractivity contribution in [2.75, 3.05) is 12.7 Å². The highest BCUT2D eigenvalue weighted by Crippen LogP contribution is 2.29. The molecule has 1 nitrogen and oxygen atoms in total. The number of nitrogens with two attached hydrogens (primary N) is 1. The van der Waals surface area contributed by atoms with E-state index in [0.717, 1.165) is 12.2 Å². The summed E-state index contributed by atoms with van der Waals surface area (Å²) in [6.07, 6.45) is 5.72. The monoisotopic (exact) mass is 131 g/mol. The Morgan fingerprint density at radius 2 is 2.38 bits per heavy atom. The third kappa shape index (κ3) is 1.72. The first-order chi connectivity index (χ1) is 3.93. The van der Waals surface area contributed by atoms with Gasteiger partial charge in [-0.3, -0.25) is 0 Å². The Labute approximate surface area is 52.8 Å². The normalized spacial score (nSPS) is 33.4. The molecular weight excluding hydrogens is 117 g/mol. The zero-order valence-corrected chi connectivity index (χ0v) is 6.19. The first kappa shape index (κ1) is 6.51. The summed E-state index contributed by atoms with van der Waals surface area (Å²) in [5.74, 6) is 0. The molecule has 0 aromatic carbocycles. The highest BCUT2D eigenvalue weighted by Gasteiger charge is 2.09. The fraction of sp³-hybridized carbons (Fsp3) is 1.00. The highest BCUT2D eigenvalue weighted by atomic mass is 31.1. The Kier molecular flexibility index (Phi) is 2.78. The summed E-state index contributed by atoms with van der Waals surface area (Å²) in [6.45, 7) is 0.929. The van der Waals surface area contributed by atoms with Crippen LogP contribution in [0.25, 0.3) is 0 Å². The van der Waals surface area contributed by atoms with Gasteiger partial charge in [0.05, 0.1) is 0 Å². The van der Waals surface area contributed by atoms with E-state index in [4.69, 9.17) is 5.73 Å². The number of hydrogen-bond acceptors (Lipinski definition) is 1.